The van der Waals surface area contributed by atoms with Crippen molar-refractivity contribution in [3.05, 3.63) is 35.4 Å². The normalized spacial score (nSPS) is 19.1. The third-order valence-corrected chi connectivity index (χ3v) is 3.95. The molecular formula is C17H16O8. The first-order valence-corrected chi connectivity index (χ1v) is 7.27. The zero-order valence-corrected chi connectivity index (χ0v) is 13.4. The highest BCUT2D eigenvalue weighted by Crippen LogP contribution is 2.45. The number of aliphatic hydroxyl groups excluding tert-OH is 1. The van der Waals surface area contributed by atoms with E-state index in [9.17, 15) is 25.2 Å². The lowest BCUT2D eigenvalue weighted by atomic mass is 9.92. The van der Waals surface area contributed by atoms with Crippen molar-refractivity contribution in [3.8, 4) is 34.5 Å². The zero-order chi connectivity index (χ0) is 18.3. The van der Waals surface area contributed by atoms with E-state index in [-0.39, 0.29) is 34.3 Å². The van der Waals surface area contributed by atoms with Crippen molar-refractivity contribution >= 4 is 5.78 Å². The van der Waals surface area contributed by atoms with Gasteiger partial charge in [-0.05, 0) is 12.1 Å². The van der Waals surface area contributed by atoms with Crippen LogP contribution in [0.4, 0.5) is 0 Å². The molecule has 0 saturated carbocycles. The number of rotatable bonds is 3. The summed E-state index contributed by atoms with van der Waals surface area (Å²) in [7, 11) is 2.68. The summed E-state index contributed by atoms with van der Waals surface area (Å²) in [5, 5.41) is 39.7. The first-order chi connectivity index (χ1) is 11.9. The van der Waals surface area contributed by atoms with Crippen molar-refractivity contribution in [1.29, 1.82) is 0 Å². The molecule has 2 aromatic rings. The van der Waals surface area contributed by atoms with Gasteiger partial charge in [0.2, 0.25) is 11.5 Å². The fraction of sp³-hybridized carbons (Fsp3) is 0.235. The van der Waals surface area contributed by atoms with Gasteiger partial charge in [-0.3, -0.25) is 4.79 Å². The molecule has 1 aliphatic heterocycles. The second kappa shape index (κ2) is 6.06. The largest absolute Gasteiger partial charge is 0.508 e. The van der Waals surface area contributed by atoms with E-state index in [2.05, 4.69) is 0 Å². The molecule has 0 amide bonds. The lowest BCUT2D eigenvalue weighted by molar-refractivity contribution is 0.0209. The maximum absolute atomic E-state index is 12.4. The Morgan fingerprint density at radius 1 is 1.00 bits per heavy atom. The van der Waals surface area contributed by atoms with E-state index in [1.54, 1.807) is 0 Å². The van der Waals surface area contributed by atoms with E-state index in [0.29, 0.717) is 5.56 Å². The van der Waals surface area contributed by atoms with Gasteiger partial charge in [0.1, 0.15) is 22.8 Å². The van der Waals surface area contributed by atoms with E-state index in [1.165, 1.54) is 32.4 Å². The fourth-order valence-corrected chi connectivity index (χ4v) is 2.74. The number of benzene rings is 2. The third-order valence-electron chi connectivity index (χ3n) is 3.95. The van der Waals surface area contributed by atoms with Gasteiger partial charge < -0.3 is 34.6 Å². The third kappa shape index (κ3) is 2.66. The van der Waals surface area contributed by atoms with E-state index in [1.807, 2.05) is 0 Å². The Morgan fingerprint density at radius 3 is 2.16 bits per heavy atom. The van der Waals surface area contributed by atoms with Crippen LogP contribution in [0.2, 0.25) is 0 Å². The predicted octanol–water partition coefficient (Wildman–Crippen LogP) is 1.50. The molecule has 4 N–H and O–H groups in total. The molecule has 2 atom stereocenters. The average molecular weight is 348 g/mol. The number of carbonyl (C=O) groups is 1. The second-order valence-corrected chi connectivity index (χ2v) is 5.46. The van der Waals surface area contributed by atoms with E-state index >= 15 is 0 Å². The van der Waals surface area contributed by atoms with Crippen molar-refractivity contribution in [2.24, 2.45) is 0 Å². The fourth-order valence-electron chi connectivity index (χ4n) is 2.74. The summed E-state index contributed by atoms with van der Waals surface area (Å²) in [5.41, 5.74) is 0.0973. The maximum atomic E-state index is 12.4. The Hall–Kier alpha value is -3.13. The molecule has 0 bridgehead atoms. The molecule has 0 spiro atoms. The van der Waals surface area contributed by atoms with Crippen LogP contribution in [0.5, 0.6) is 34.5 Å². The Kier molecular flexibility index (Phi) is 4.05. The van der Waals surface area contributed by atoms with Crippen LogP contribution < -0.4 is 14.2 Å². The number of aliphatic hydroxyl groups is 1. The van der Waals surface area contributed by atoms with Crippen molar-refractivity contribution in [2.75, 3.05) is 14.2 Å². The van der Waals surface area contributed by atoms with Gasteiger partial charge in [-0.25, -0.2) is 0 Å². The molecule has 0 aliphatic carbocycles. The van der Waals surface area contributed by atoms with Gasteiger partial charge >= 0.3 is 0 Å². The minimum atomic E-state index is -1.61. The Bertz CT molecular complexity index is 820. The number of phenols is 3. The van der Waals surface area contributed by atoms with Gasteiger partial charge in [-0.15, -0.1) is 0 Å². The van der Waals surface area contributed by atoms with Crippen molar-refractivity contribution in [3.63, 3.8) is 0 Å². The molecule has 0 unspecified atom stereocenters. The van der Waals surface area contributed by atoms with E-state index in [0.717, 1.165) is 6.07 Å². The monoisotopic (exact) mass is 348 g/mol. The second-order valence-electron chi connectivity index (χ2n) is 5.46. The zero-order valence-electron chi connectivity index (χ0n) is 13.4. The molecule has 2 aromatic carbocycles. The highest BCUT2D eigenvalue weighted by atomic mass is 16.5. The van der Waals surface area contributed by atoms with Crippen molar-refractivity contribution in [2.45, 2.75) is 12.2 Å². The molecule has 0 saturated heterocycles. The van der Waals surface area contributed by atoms with Gasteiger partial charge in [0.25, 0.3) is 0 Å². The molecular weight excluding hydrogens is 332 g/mol. The lowest BCUT2D eigenvalue weighted by Gasteiger charge is -2.30. The highest BCUT2D eigenvalue weighted by molar-refractivity contribution is 6.05. The quantitative estimate of drug-likeness (QED) is 0.657. The number of ether oxygens (including phenoxy) is 3. The van der Waals surface area contributed by atoms with Gasteiger partial charge in [0.15, 0.2) is 23.7 Å². The summed E-state index contributed by atoms with van der Waals surface area (Å²) in [4.78, 5) is 12.4. The number of hydrogen-bond donors (Lipinski definition) is 4. The summed E-state index contributed by atoms with van der Waals surface area (Å²) < 4.78 is 15.7. The molecule has 1 aliphatic rings. The van der Waals surface area contributed by atoms with Crippen LogP contribution in [0.25, 0.3) is 0 Å². The van der Waals surface area contributed by atoms with E-state index in [4.69, 9.17) is 14.2 Å². The molecule has 132 valence electrons. The van der Waals surface area contributed by atoms with Gasteiger partial charge in [0.05, 0.1) is 14.2 Å². The molecule has 8 heteroatoms. The van der Waals surface area contributed by atoms with Crippen LogP contribution in [0.3, 0.4) is 0 Å². The average Bonchev–Trinajstić information content (AvgIpc) is 2.57. The first-order valence-electron chi connectivity index (χ1n) is 7.27. The molecule has 25 heavy (non-hydrogen) atoms. The number of Topliss-reactive ketones (excluding diaryl/α,β-unsaturated/α-hetero) is 1. The van der Waals surface area contributed by atoms with Crippen molar-refractivity contribution in [1.82, 2.24) is 0 Å². The maximum Gasteiger partial charge on any atom is 0.202 e. The number of phenolic OH excluding ortho intramolecular Hbond substituents is 3. The number of carbonyl (C=O) groups excluding carboxylic acids is 1. The molecule has 0 fully saturated rings. The Balaban J connectivity index is 2.11. The molecule has 0 radical (unpaired) electrons. The Labute approximate surface area is 142 Å². The topological polar surface area (TPSA) is 126 Å². The summed E-state index contributed by atoms with van der Waals surface area (Å²) >= 11 is 0. The van der Waals surface area contributed by atoms with Crippen molar-refractivity contribution < 1.29 is 39.4 Å². The number of ketones is 1. The van der Waals surface area contributed by atoms with E-state index < -0.39 is 23.7 Å². The van der Waals surface area contributed by atoms with Crippen LogP contribution in [0, 0.1) is 0 Å². The number of fused-ring (bicyclic) bond motifs is 1. The summed E-state index contributed by atoms with van der Waals surface area (Å²) in [6, 6.07) is 4.94. The Morgan fingerprint density at radius 2 is 1.60 bits per heavy atom. The predicted molar refractivity (Wildman–Crippen MR) is 84.7 cm³/mol. The minimum absolute atomic E-state index is 0.0659. The van der Waals surface area contributed by atoms with Crippen LogP contribution in [0.1, 0.15) is 22.0 Å². The minimum Gasteiger partial charge on any atom is -0.508 e. The SMILES string of the molecule is COc1cc([C@@H]2Oc3cc(O)cc(O)c3C(=O)[C@@H]2O)cc(OC)c1O. The van der Waals surface area contributed by atoms with Crippen LogP contribution in [0.15, 0.2) is 24.3 Å². The molecule has 3 rings (SSSR count). The van der Waals surface area contributed by atoms with Gasteiger partial charge in [-0.2, -0.15) is 0 Å². The standard InChI is InChI=1S/C17H16O8/c1-23-11-3-7(4-12(24-2)14(11)20)17-16(22)15(21)13-9(19)5-8(18)6-10(13)25-17/h3-6,16-20,22H,1-2H3/t16-,17-/m0/s1. The molecule has 8 nitrogen and oxygen atoms in total. The molecule has 1 heterocycles. The van der Waals surface area contributed by atoms with Crippen LogP contribution in [-0.4, -0.2) is 46.5 Å². The summed E-state index contributed by atoms with van der Waals surface area (Å²) in [6.07, 6.45) is -2.76. The highest BCUT2D eigenvalue weighted by Gasteiger charge is 2.39. The number of hydrogen-bond acceptors (Lipinski definition) is 8. The smallest absolute Gasteiger partial charge is 0.202 e. The molecule has 0 aromatic heterocycles. The van der Waals surface area contributed by atoms with Gasteiger partial charge in [0, 0.05) is 17.7 Å². The van der Waals surface area contributed by atoms with Crippen LogP contribution >= 0.6 is 0 Å². The number of methoxy groups -OCH3 is 2. The summed E-state index contributed by atoms with van der Waals surface area (Å²) in [6.45, 7) is 0. The van der Waals surface area contributed by atoms with Crippen LogP contribution in [-0.2, 0) is 0 Å². The summed E-state index contributed by atoms with van der Waals surface area (Å²) in [5.74, 6) is -1.69. The van der Waals surface area contributed by atoms with Gasteiger partial charge in [-0.1, -0.05) is 0 Å². The number of aromatic hydroxyl groups is 3. The lowest BCUT2D eigenvalue weighted by Crippen LogP contribution is -2.36. The first kappa shape index (κ1) is 16.7.